The van der Waals surface area contributed by atoms with Crippen molar-refractivity contribution in [3.05, 3.63) is 21.9 Å². The van der Waals surface area contributed by atoms with E-state index in [-0.39, 0.29) is 17.5 Å². The molecule has 1 aromatic heterocycles. The Labute approximate surface area is 105 Å². The molecule has 2 heterocycles. The smallest absolute Gasteiger partial charge is 0.257 e. The molecule has 5 heteroatoms. The number of amides is 1. The summed E-state index contributed by atoms with van der Waals surface area (Å²) < 4.78 is 0. The van der Waals surface area contributed by atoms with E-state index in [9.17, 15) is 4.79 Å². The summed E-state index contributed by atoms with van der Waals surface area (Å²) in [7, 11) is 0. The molecule has 0 fully saturated rings. The summed E-state index contributed by atoms with van der Waals surface area (Å²) in [6.45, 7) is 8.10. The third-order valence-corrected chi connectivity index (χ3v) is 3.46. The first-order valence-corrected chi connectivity index (χ1v) is 6.45. The Morgan fingerprint density at radius 2 is 2.18 bits per heavy atom. The highest BCUT2D eigenvalue weighted by atomic mass is 32.1. The van der Waals surface area contributed by atoms with E-state index in [0.717, 1.165) is 10.4 Å². The molecule has 0 aliphatic carbocycles. The van der Waals surface area contributed by atoms with Gasteiger partial charge in [0.25, 0.3) is 5.91 Å². The minimum absolute atomic E-state index is 0.0534. The fourth-order valence-electron chi connectivity index (χ4n) is 1.67. The van der Waals surface area contributed by atoms with Gasteiger partial charge in [-0.05, 0) is 44.7 Å². The fraction of sp³-hybridized carbons (Fsp3) is 0.500. The van der Waals surface area contributed by atoms with E-state index in [1.807, 2.05) is 39.1 Å². The van der Waals surface area contributed by atoms with Crippen molar-refractivity contribution in [3.8, 4) is 0 Å². The Kier molecular flexibility index (Phi) is 2.95. The monoisotopic (exact) mass is 251 g/mol. The first kappa shape index (κ1) is 12.1. The van der Waals surface area contributed by atoms with Crippen molar-refractivity contribution in [1.82, 2.24) is 10.6 Å². The predicted molar refractivity (Wildman–Crippen MR) is 70.3 cm³/mol. The average Bonchev–Trinajstić information content (AvgIpc) is 2.70. The number of carbonyl (C=O) groups excluding carboxylic acids is 1. The molecule has 0 bridgehead atoms. The number of carbonyl (C=O) groups is 1. The van der Waals surface area contributed by atoms with E-state index < -0.39 is 0 Å². The summed E-state index contributed by atoms with van der Waals surface area (Å²) in [6.07, 6.45) is 0. The lowest BCUT2D eigenvalue weighted by molar-refractivity contribution is -0.120. The van der Waals surface area contributed by atoms with Gasteiger partial charge in [0, 0.05) is 10.4 Å². The summed E-state index contributed by atoms with van der Waals surface area (Å²) >= 11 is 1.57. The Morgan fingerprint density at radius 1 is 1.47 bits per heavy atom. The molecule has 2 rings (SSSR count). The van der Waals surface area contributed by atoms with Gasteiger partial charge in [-0.15, -0.1) is 11.3 Å². The first-order chi connectivity index (χ1) is 7.87. The molecule has 1 aliphatic rings. The molecule has 1 aromatic rings. The van der Waals surface area contributed by atoms with Crippen LogP contribution in [0.15, 0.2) is 16.4 Å². The van der Waals surface area contributed by atoms with E-state index >= 15 is 0 Å². The lowest BCUT2D eigenvalue weighted by atomic mass is 10.1. The maximum atomic E-state index is 11.9. The van der Waals surface area contributed by atoms with E-state index in [2.05, 4.69) is 15.6 Å². The molecule has 1 atom stereocenters. The van der Waals surface area contributed by atoms with Crippen LogP contribution in [0.2, 0.25) is 0 Å². The zero-order chi connectivity index (χ0) is 12.6. The fourth-order valence-corrected chi connectivity index (χ4v) is 2.63. The van der Waals surface area contributed by atoms with Gasteiger partial charge in [0.15, 0.2) is 12.0 Å². The van der Waals surface area contributed by atoms with Crippen molar-refractivity contribution in [1.29, 1.82) is 0 Å². The highest BCUT2D eigenvalue weighted by Crippen LogP contribution is 2.29. The normalized spacial score (nSPS) is 20.1. The van der Waals surface area contributed by atoms with Crippen molar-refractivity contribution >= 4 is 23.2 Å². The molecule has 1 amide bonds. The van der Waals surface area contributed by atoms with Crippen LogP contribution in [0.3, 0.4) is 0 Å². The number of hydrogen-bond acceptors (Lipinski definition) is 4. The highest BCUT2D eigenvalue weighted by Gasteiger charge is 2.31. The molecule has 0 saturated heterocycles. The molecule has 1 aliphatic heterocycles. The number of thiophene rings is 1. The van der Waals surface area contributed by atoms with Crippen molar-refractivity contribution < 1.29 is 4.79 Å². The molecule has 2 N–H and O–H groups in total. The molecule has 92 valence electrons. The van der Waals surface area contributed by atoms with Gasteiger partial charge in [0.2, 0.25) is 0 Å². The minimum atomic E-state index is -0.389. The summed E-state index contributed by atoms with van der Waals surface area (Å²) in [5.41, 5.74) is 1.02. The second-order valence-corrected chi connectivity index (χ2v) is 6.16. The molecule has 1 unspecified atom stereocenters. The van der Waals surface area contributed by atoms with Crippen LogP contribution in [0.5, 0.6) is 0 Å². The molecular weight excluding hydrogens is 234 g/mol. The Balaban J connectivity index is 2.21. The van der Waals surface area contributed by atoms with Gasteiger partial charge in [0.1, 0.15) is 0 Å². The van der Waals surface area contributed by atoms with E-state index in [1.165, 1.54) is 0 Å². The zero-order valence-corrected chi connectivity index (χ0v) is 11.3. The lowest BCUT2D eigenvalue weighted by Crippen LogP contribution is -2.46. The van der Waals surface area contributed by atoms with Crippen molar-refractivity contribution in [2.75, 3.05) is 0 Å². The molecule has 0 saturated carbocycles. The number of nitrogens with zero attached hydrogens (tertiary/aromatic N) is 1. The third-order valence-electron chi connectivity index (χ3n) is 2.39. The van der Waals surface area contributed by atoms with Crippen molar-refractivity contribution in [2.45, 2.75) is 39.3 Å². The quantitative estimate of drug-likeness (QED) is 0.802. The zero-order valence-electron chi connectivity index (χ0n) is 10.5. The predicted octanol–water partition coefficient (Wildman–Crippen LogP) is 1.97. The van der Waals surface area contributed by atoms with Crippen molar-refractivity contribution in [3.63, 3.8) is 0 Å². The maximum absolute atomic E-state index is 11.9. The van der Waals surface area contributed by atoms with Crippen LogP contribution in [0.1, 0.15) is 37.3 Å². The van der Waals surface area contributed by atoms with Crippen LogP contribution in [-0.4, -0.2) is 17.4 Å². The summed E-state index contributed by atoms with van der Waals surface area (Å²) in [5.74, 6) is 0.516. The molecule has 0 spiro atoms. The number of aliphatic imine (C=N–C) groups is 1. The SMILES string of the molecule is Cc1ccsc1C1N=C(NC(C)(C)C)NC1=O. The van der Waals surface area contributed by atoms with Crippen LogP contribution < -0.4 is 10.6 Å². The standard InChI is InChI=1S/C12H17N3OS/c1-7-5-6-17-9(7)8-10(16)14-11(13-8)15-12(2,3)4/h5-6,8H,1-4H3,(H2,13,14,15,16). The second-order valence-electron chi connectivity index (χ2n) is 5.21. The number of nitrogens with one attached hydrogen (secondary N) is 2. The van der Waals surface area contributed by atoms with Gasteiger partial charge >= 0.3 is 0 Å². The number of aryl methyl sites for hydroxylation is 1. The minimum Gasteiger partial charge on any atom is -0.351 e. The topological polar surface area (TPSA) is 53.5 Å². The summed E-state index contributed by atoms with van der Waals surface area (Å²) in [6, 6.07) is 1.62. The third kappa shape index (κ3) is 2.66. The Morgan fingerprint density at radius 3 is 2.71 bits per heavy atom. The number of guanidine groups is 1. The van der Waals surface area contributed by atoms with E-state index in [4.69, 9.17) is 0 Å². The van der Waals surface area contributed by atoms with Gasteiger partial charge in [-0.25, -0.2) is 4.99 Å². The lowest BCUT2D eigenvalue weighted by Gasteiger charge is -2.21. The molecular formula is C12H17N3OS. The van der Waals surface area contributed by atoms with Gasteiger partial charge in [-0.2, -0.15) is 0 Å². The largest absolute Gasteiger partial charge is 0.351 e. The second kappa shape index (κ2) is 4.14. The van der Waals surface area contributed by atoms with Crippen LogP contribution in [0.4, 0.5) is 0 Å². The van der Waals surface area contributed by atoms with Gasteiger partial charge in [-0.3, -0.25) is 10.1 Å². The van der Waals surface area contributed by atoms with Crippen LogP contribution in [-0.2, 0) is 4.79 Å². The maximum Gasteiger partial charge on any atom is 0.257 e. The summed E-state index contributed by atoms with van der Waals surface area (Å²) in [4.78, 5) is 17.3. The van der Waals surface area contributed by atoms with Gasteiger partial charge in [0.05, 0.1) is 0 Å². The Hall–Kier alpha value is -1.36. The van der Waals surface area contributed by atoms with Gasteiger partial charge in [-0.1, -0.05) is 0 Å². The van der Waals surface area contributed by atoms with E-state index in [1.54, 1.807) is 11.3 Å². The number of hydrogen-bond donors (Lipinski definition) is 2. The van der Waals surface area contributed by atoms with Gasteiger partial charge < -0.3 is 5.32 Å². The summed E-state index contributed by atoms with van der Waals surface area (Å²) in [5, 5.41) is 7.95. The molecule has 0 radical (unpaired) electrons. The Bertz CT molecular complexity index is 470. The van der Waals surface area contributed by atoms with Crippen LogP contribution in [0, 0.1) is 6.92 Å². The number of rotatable bonds is 1. The van der Waals surface area contributed by atoms with Crippen LogP contribution >= 0.6 is 11.3 Å². The molecule has 4 nitrogen and oxygen atoms in total. The average molecular weight is 251 g/mol. The molecule has 0 aromatic carbocycles. The van der Waals surface area contributed by atoms with Crippen LogP contribution in [0.25, 0.3) is 0 Å². The van der Waals surface area contributed by atoms with E-state index in [0.29, 0.717) is 5.96 Å². The van der Waals surface area contributed by atoms with Crippen molar-refractivity contribution in [2.24, 2.45) is 4.99 Å². The first-order valence-electron chi connectivity index (χ1n) is 5.58. The molecule has 17 heavy (non-hydrogen) atoms. The highest BCUT2D eigenvalue weighted by molar-refractivity contribution is 7.10.